The third kappa shape index (κ3) is 4.18. The van der Waals surface area contributed by atoms with Gasteiger partial charge in [0, 0.05) is 24.9 Å². The van der Waals surface area contributed by atoms with Gasteiger partial charge in [0.25, 0.3) is 0 Å². The van der Waals surface area contributed by atoms with Crippen LogP contribution in [0.25, 0.3) is 0 Å². The van der Waals surface area contributed by atoms with Crippen molar-refractivity contribution in [3.8, 4) is 0 Å². The molecule has 0 bridgehead atoms. The molecule has 2 unspecified atom stereocenters. The quantitative estimate of drug-likeness (QED) is 0.776. The minimum atomic E-state index is 0.0438. The van der Waals surface area contributed by atoms with E-state index in [9.17, 15) is 4.79 Å². The summed E-state index contributed by atoms with van der Waals surface area (Å²) in [5, 5.41) is 3.00. The van der Waals surface area contributed by atoms with Gasteiger partial charge in [-0.25, -0.2) is 0 Å². The van der Waals surface area contributed by atoms with Crippen LogP contribution in [0.15, 0.2) is 22.8 Å². The number of rotatable bonds is 7. The number of amides is 1. The van der Waals surface area contributed by atoms with Crippen LogP contribution in [0.2, 0.25) is 0 Å². The van der Waals surface area contributed by atoms with Gasteiger partial charge in [-0.15, -0.1) is 0 Å². The van der Waals surface area contributed by atoms with Crippen molar-refractivity contribution in [3.05, 3.63) is 24.2 Å². The number of furan rings is 1. The third-order valence-electron chi connectivity index (χ3n) is 3.46. The number of carbonyl (C=O) groups is 1. The molecule has 2 atom stereocenters. The molecule has 100 valence electrons. The second kappa shape index (κ2) is 6.05. The molecule has 1 amide bonds. The van der Waals surface area contributed by atoms with E-state index in [2.05, 4.69) is 5.32 Å². The van der Waals surface area contributed by atoms with E-state index in [0.29, 0.717) is 12.3 Å². The van der Waals surface area contributed by atoms with Gasteiger partial charge >= 0.3 is 0 Å². The van der Waals surface area contributed by atoms with Gasteiger partial charge in [-0.1, -0.05) is 0 Å². The molecule has 1 aromatic rings. The van der Waals surface area contributed by atoms with Gasteiger partial charge in [-0.05, 0) is 44.2 Å². The molecule has 1 saturated carbocycles. The highest BCUT2D eigenvalue weighted by Gasteiger charge is 2.29. The SMILES string of the molecule is CC(CCc1ccco1)NC(=O)CC(N)C1CC1. The van der Waals surface area contributed by atoms with Crippen molar-refractivity contribution in [2.24, 2.45) is 11.7 Å². The zero-order valence-corrected chi connectivity index (χ0v) is 10.9. The van der Waals surface area contributed by atoms with E-state index in [1.807, 2.05) is 19.1 Å². The molecule has 18 heavy (non-hydrogen) atoms. The molecule has 1 aliphatic carbocycles. The summed E-state index contributed by atoms with van der Waals surface area (Å²) >= 11 is 0. The molecule has 1 aliphatic rings. The largest absolute Gasteiger partial charge is 0.469 e. The summed E-state index contributed by atoms with van der Waals surface area (Å²) < 4.78 is 5.26. The maximum atomic E-state index is 11.7. The highest BCUT2D eigenvalue weighted by Crippen LogP contribution is 2.32. The number of aryl methyl sites for hydroxylation is 1. The topological polar surface area (TPSA) is 68.3 Å². The summed E-state index contributed by atoms with van der Waals surface area (Å²) in [4.78, 5) is 11.7. The molecule has 4 nitrogen and oxygen atoms in total. The van der Waals surface area contributed by atoms with Crippen LogP contribution in [0.3, 0.4) is 0 Å². The number of hydrogen-bond donors (Lipinski definition) is 2. The minimum Gasteiger partial charge on any atom is -0.469 e. The van der Waals surface area contributed by atoms with Crippen molar-refractivity contribution >= 4 is 5.91 Å². The van der Waals surface area contributed by atoms with Crippen molar-refractivity contribution < 1.29 is 9.21 Å². The molecule has 2 rings (SSSR count). The van der Waals surface area contributed by atoms with Gasteiger partial charge in [-0.3, -0.25) is 4.79 Å². The maximum Gasteiger partial charge on any atom is 0.221 e. The van der Waals surface area contributed by atoms with Crippen LogP contribution in [0, 0.1) is 5.92 Å². The normalized spacial score (nSPS) is 18.3. The lowest BCUT2D eigenvalue weighted by Crippen LogP contribution is -2.37. The Hall–Kier alpha value is -1.29. The zero-order chi connectivity index (χ0) is 13.0. The average Bonchev–Trinajstić information content (AvgIpc) is 3.04. The summed E-state index contributed by atoms with van der Waals surface area (Å²) in [7, 11) is 0. The number of nitrogens with one attached hydrogen (secondary N) is 1. The monoisotopic (exact) mass is 250 g/mol. The number of carbonyl (C=O) groups excluding carboxylic acids is 1. The van der Waals surface area contributed by atoms with Crippen molar-refractivity contribution in [3.63, 3.8) is 0 Å². The second-order valence-corrected chi connectivity index (χ2v) is 5.29. The Morgan fingerprint density at radius 3 is 3.00 bits per heavy atom. The molecular weight excluding hydrogens is 228 g/mol. The average molecular weight is 250 g/mol. The zero-order valence-electron chi connectivity index (χ0n) is 10.9. The molecule has 0 aliphatic heterocycles. The molecule has 0 radical (unpaired) electrons. The second-order valence-electron chi connectivity index (χ2n) is 5.29. The Balaban J connectivity index is 1.63. The van der Waals surface area contributed by atoms with Gasteiger partial charge in [0.15, 0.2) is 0 Å². The van der Waals surface area contributed by atoms with Crippen LogP contribution in [0.1, 0.15) is 38.4 Å². The summed E-state index contributed by atoms with van der Waals surface area (Å²) in [5.41, 5.74) is 5.93. The molecular formula is C14H22N2O2. The summed E-state index contributed by atoms with van der Waals surface area (Å²) in [6.45, 7) is 2.02. The molecule has 3 N–H and O–H groups in total. The van der Waals surface area contributed by atoms with Gasteiger partial charge in [0.1, 0.15) is 5.76 Å². The van der Waals surface area contributed by atoms with Crippen LogP contribution < -0.4 is 11.1 Å². The predicted molar refractivity (Wildman–Crippen MR) is 70.0 cm³/mol. The lowest BCUT2D eigenvalue weighted by molar-refractivity contribution is -0.122. The van der Waals surface area contributed by atoms with E-state index in [1.54, 1.807) is 6.26 Å². The van der Waals surface area contributed by atoms with E-state index in [0.717, 1.165) is 18.6 Å². The van der Waals surface area contributed by atoms with Crippen molar-refractivity contribution in [1.29, 1.82) is 0 Å². The first-order valence-corrected chi connectivity index (χ1v) is 6.72. The lowest BCUT2D eigenvalue weighted by atomic mass is 10.1. The summed E-state index contributed by atoms with van der Waals surface area (Å²) in [6, 6.07) is 4.04. The molecule has 1 fully saturated rings. The lowest BCUT2D eigenvalue weighted by Gasteiger charge is -2.15. The van der Waals surface area contributed by atoms with Crippen LogP contribution in [-0.2, 0) is 11.2 Å². The fourth-order valence-corrected chi connectivity index (χ4v) is 2.12. The van der Waals surface area contributed by atoms with Gasteiger partial charge < -0.3 is 15.5 Å². The minimum absolute atomic E-state index is 0.0438. The first-order valence-electron chi connectivity index (χ1n) is 6.72. The first-order chi connectivity index (χ1) is 8.65. The van der Waals surface area contributed by atoms with E-state index < -0.39 is 0 Å². The van der Waals surface area contributed by atoms with Crippen LogP contribution in [0.5, 0.6) is 0 Å². The molecule has 1 heterocycles. The van der Waals surface area contributed by atoms with Crippen molar-refractivity contribution in [2.75, 3.05) is 0 Å². The molecule has 0 aromatic carbocycles. The molecule has 0 saturated heterocycles. The number of nitrogens with two attached hydrogens (primary N) is 1. The maximum absolute atomic E-state index is 11.7. The Bertz CT molecular complexity index is 371. The van der Waals surface area contributed by atoms with Gasteiger partial charge in [-0.2, -0.15) is 0 Å². The highest BCUT2D eigenvalue weighted by atomic mass is 16.3. The van der Waals surface area contributed by atoms with Gasteiger partial charge in [0.2, 0.25) is 5.91 Å². The van der Waals surface area contributed by atoms with E-state index in [1.165, 1.54) is 12.8 Å². The van der Waals surface area contributed by atoms with Crippen LogP contribution in [0.4, 0.5) is 0 Å². The summed E-state index contributed by atoms with van der Waals surface area (Å²) in [5.74, 6) is 1.61. The summed E-state index contributed by atoms with van der Waals surface area (Å²) in [6.07, 6.45) is 6.23. The fraction of sp³-hybridized carbons (Fsp3) is 0.643. The van der Waals surface area contributed by atoms with Crippen LogP contribution in [-0.4, -0.2) is 18.0 Å². The van der Waals surface area contributed by atoms with Gasteiger partial charge in [0.05, 0.1) is 6.26 Å². The first kappa shape index (κ1) is 13.1. The molecule has 4 heteroatoms. The smallest absolute Gasteiger partial charge is 0.221 e. The molecule has 1 aromatic heterocycles. The van der Waals surface area contributed by atoms with E-state index in [-0.39, 0.29) is 18.0 Å². The fourth-order valence-electron chi connectivity index (χ4n) is 2.12. The highest BCUT2D eigenvalue weighted by molar-refractivity contribution is 5.76. The molecule has 0 spiro atoms. The Labute approximate surface area is 108 Å². The Morgan fingerprint density at radius 1 is 1.61 bits per heavy atom. The standard InChI is InChI=1S/C14H22N2O2/c1-10(4-7-12-3-2-8-18-12)16-14(17)9-13(15)11-5-6-11/h2-3,8,10-11,13H,4-7,9,15H2,1H3,(H,16,17). The van der Waals surface area contributed by atoms with Crippen molar-refractivity contribution in [2.45, 2.75) is 51.1 Å². The van der Waals surface area contributed by atoms with Crippen LogP contribution >= 0.6 is 0 Å². The van der Waals surface area contributed by atoms with E-state index in [4.69, 9.17) is 10.2 Å². The van der Waals surface area contributed by atoms with E-state index >= 15 is 0 Å². The predicted octanol–water partition coefficient (Wildman–Crippen LogP) is 1.84. The third-order valence-corrected chi connectivity index (χ3v) is 3.46. The number of hydrogen-bond acceptors (Lipinski definition) is 3. The Morgan fingerprint density at radius 2 is 2.39 bits per heavy atom. The van der Waals surface area contributed by atoms with Crippen molar-refractivity contribution in [1.82, 2.24) is 5.32 Å². The Kier molecular flexibility index (Phi) is 4.42.